The van der Waals surface area contributed by atoms with Crippen LogP contribution in [0.25, 0.3) is 0 Å². The number of piperazine rings is 1. The highest BCUT2D eigenvalue weighted by Crippen LogP contribution is 2.14. The molecule has 1 saturated heterocycles. The molecule has 2 heterocycles. The molecule has 3 rings (SSSR count). The van der Waals surface area contributed by atoms with Gasteiger partial charge in [-0.2, -0.15) is 0 Å². The van der Waals surface area contributed by atoms with Gasteiger partial charge in [-0.15, -0.1) is 0 Å². The Bertz CT molecular complexity index is 757. The summed E-state index contributed by atoms with van der Waals surface area (Å²) in [5.41, 5.74) is 1.59. The topological polar surface area (TPSA) is 75.6 Å². The van der Waals surface area contributed by atoms with Crippen molar-refractivity contribution in [2.75, 3.05) is 32.8 Å². The zero-order valence-corrected chi connectivity index (χ0v) is 15.5. The zero-order valence-electron chi connectivity index (χ0n) is 15.5. The number of hydrogen-bond acceptors (Lipinski definition) is 5. The summed E-state index contributed by atoms with van der Waals surface area (Å²) in [5.74, 6) is 0.470. The maximum absolute atomic E-state index is 12.4. The Morgan fingerprint density at radius 2 is 1.74 bits per heavy atom. The van der Waals surface area contributed by atoms with Crippen LogP contribution in [0.15, 0.2) is 42.9 Å². The lowest BCUT2D eigenvalue weighted by Gasteiger charge is -2.34. The third kappa shape index (κ3) is 5.03. The normalized spacial score (nSPS) is 14.1. The second-order valence-corrected chi connectivity index (χ2v) is 6.45. The predicted octanol–water partition coefficient (Wildman–Crippen LogP) is 1.79. The van der Waals surface area contributed by atoms with Crippen molar-refractivity contribution in [3.05, 3.63) is 54.1 Å². The highest BCUT2D eigenvalue weighted by Gasteiger charge is 2.25. The minimum Gasteiger partial charge on any atom is -0.484 e. The van der Waals surface area contributed by atoms with Gasteiger partial charge in [0.2, 0.25) is 0 Å². The van der Waals surface area contributed by atoms with E-state index in [1.165, 1.54) is 24.2 Å². The van der Waals surface area contributed by atoms with Crippen molar-refractivity contribution in [2.24, 2.45) is 0 Å². The molecule has 0 spiro atoms. The highest BCUT2D eigenvalue weighted by molar-refractivity contribution is 5.92. The largest absolute Gasteiger partial charge is 0.484 e. The van der Waals surface area contributed by atoms with Crippen LogP contribution in [0.2, 0.25) is 0 Å². The number of aromatic nitrogens is 2. The van der Waals surface area contributed by atoms with Gasteiger partial charge in [0.15, 0.2) is 6.61 Å². The fourth-order valence-electron chi connectivity index (χ4n) is 3.01. The molecule has 142 valence electrons. The Labute approximate surface area is 159 Å². The molecule has 1 aromatic heterocycles. The van der Waals surface area contributed by atoms with Gasteiger partial charge in [-0.3, -0.25) is 14.6 Å². The number of carbonyl (C=O) groups is 2. The van der Waals surface area contributed by atoms with E-state index in [-0.39, 0.29) is 18.4 Å². The summed E-state index contributed by atoms with van der Waals surface area (Å²) in [5, 5.41) is 0. The minimum atomic E-state index is -0.154. The first-order valence-electron chi connectivity index (χ1n) is 9.22. The van der Waals surface area contributed by atoms with E-state index < -0.39 is 0 Å². The van der Waals surface area contributed by atoms with E-state index >= 15 is 0 Å². The summed E-state index contributed by atoms with van der Waals surface area (Å²) in [6, 6.07) is 7.85. The number of carbonyl (C=O) groups excluding carboxylic acids is 2. The zero-order chi connectivity index (χ0) is 19.1. The quantitative estimate of drug-likeness (QED) is 0.777. The number of aryl methyl sites for hydroxylation is 1. The summed E-state index contributed by atoms with van der Waals surface area (Å²) in [6.45, 7) is 4.09. The van der Waals surface area contributed by atoms with Crippen LogP contribution in [-0.4, -0.2) is 64.4 Å². The maximum Gasteiger partial charge on any atom is 0.274 e. The van der Waals surface area contributed by atoms with Crippen molar-refractivity contribution < 1.29 is 14.3 Å². The number of ether oxygens (including phenoxy) is 1. The van der Waals surface area contributed by atoms with Gasteiger partial charge in [-0.1, -0.05) is 25.5 Å². The van der Waals surface area contributed by atoms with Gasteiger partial charge < -0.3 is 14.5 Å². The highest BCUT2D eigenvalue weighted by atomic mass is 16.5. The fourth-order valence-corrected chi connectivity index (χ4v) is 3.01. The molecule has 1 aliphatic rings. The lowest BCUT2D eigenvalue weighted by atomic mass is 10.1. The van der Waals surface area contributed by atoms with E-state index in [0.29, 0.717) is 37.6 Å². The van der Waals surface area contributed by atoms with Crippen LogP contribution < -0.4 is 4.74 Å². The molecule has 0 saturated carbocycles. The molecule has 0 N–H and O–H groups in total. The van der Waals surface area contributed by atoms with Gasteiger partial charge in [-0.25, -0.2) is 4.98 Å². The third-order valence-corrected chi connectivity index (χ3v) is 4.53. The molecule has 7 heteroatoms. The second-order valence-electron chi connectivity index (χ2n) is 6.45. The van der Waals surface area contributed by atoms with Crippen molar-refractivity contribution >= 4 is 11.8 Å². The van der Waals surface area contributed by atoms with E-state index in [1.54, 1.807) is 9.80 Å². The van der Waals surface area contributed by atoms with Gasteiger partial charge in [0.25, 0.3) is 11.8 Å². The molecule has 2 amide bonds. The molecular formula is C20H24N4O3. The lowest BCUT2D eigenvalue weighted by molar-refractivity contribution is -0.134. The standard InChI is InChI=1S/C20H24N4O3/c1-2-3-16-4-6-17(7-5-16)27-15-19(25)23-10-12-24(13-11-23)20(26)18-14-21-8-9-22-18/h4-9,14H,2-3,10-13,15H2,1H3. The summed E-state index contributed by atoms with van der Waals surface area (Å²) in [6.07, 6.45) is 6.63. The van der Waals surface area contributed by atoms with E-state index in [4.69, 9.17) is 4.74 Å². The number of rotatable bonds is 6. The number of benzene rings is 1. The van der Waals surface area contributed by atoms with Crippen molar-refractivity contribution in [3.63, 3.8) is 0 Å². The van der Waals surface area contributed by atoms with Gasteiger partial charge in [0, 0.05) is 38.6 Å². The molecule has 2 aromatic rings. The second kappa shape index (κ2) is 9.12. The van der Waals surface area contributed by atoms with Gasteiger partial charge in [0.05, 0.1) is 6.20 Å². The maximum atomic E-state index is 12.4. The average Bonchev–Trinajstić information content (AvgIpc) is 2.73. The smallest absolute Gasteiger partial charge is 0.274 e. The SMILES string of the molecule is CCCc1ccc(OCC(=O)N2CCN(C(=O)c3cnccn3)CC2)cc1. The molecule has 27 heavy (non-hydrogen) atoms. The summed E-state index contributed by atoms with van der Waals surface area (Å²) in [4.78, 5) is 36.1. The minimum absolute atomic E-state index is 0.00519. The molecular weight excluding hydrogens is 344 g/mol. The van der Waals surface area contributed by atoms with E-state index in [9.17, 15) is 9.59 Å². The number of hydrogen-bond donors (Lipinski definition) is 0. The van der Waals surface area contributed by atoms with Crippen molar-refractivity contribution in [1.29, 1.82) is 0 Å². The molecule has 0 radical (unpaired) electrons. The molecule has 1 fully saturated rings. The van der Waals surface area contributed by atoms with Crippen LogP contribution in [0.3, 0.4) is 0 Å². The Morgan fingerprint density at radius 1 is 1.04 bits per heavy atom. The first-order chi connectivity index (χ1) is 13.2. The van der Waals surface area contributed by atoms with Crippen LogP contribution in [-0.2, 0) is 11.2 Å². The van der Waals surface area contributed by atoms with Crippen LogP contribution in [0.4, 0.5) is 0 Å². The Hall–Kier alpha value is -2.96. The summed E-state index contributed by atoms with van der Waals surface area (Å²) < 4.78 is 5.61. The van der Waals surface area contributed by atoms with Gasteiger partial charge in [-0.05, 0) is 24.1 Å². The molecule has 1 aliphatic heterocycles. The summed E-state index contributed by atoms with van der Waals surface area (Å²) in [7, 11) is 0. The van der Waals surface area contributed by atoms with Gasteiger partial charge in [0.1, 0.15) is 11.4 Å². The first kappa shape index (κ1) is 18.8. The fraction of sp³-hybridized carbons (Fsp3) is 0.400. The van der Waals surface area contributed by atoms with Crippen LogP contribution in [0.5, 0.6) is 5.75 Å². The molecule has 0 bridgehead atoms. The van der Waals surface area contributed by atoms with E-state index in [1.807, 2.05) is 24.3 Å². The van der Waals surface area contributed by atoms with Crippen LogP contribution >= 0.6 is 0 Å². The van der Waals surface area contributed by atoms with Crippen molar-refractivity contribution in [3.8, 4) is 5.75 Å². The Balaban J connectivity index is 1.45. The molecule has 0 atom stereocenters. The Morgan fingerprint density at radius 3 is 2.37 bits per heavy atom. The monoisotopic (exact) mass is 368 g/mol. The van der Waals surface area contributed by atoms with E-state index in [0.717, 1.165) is 12.8 Å². The molecule has 7 nitrogen and oxygen atoms in total. The van der Waals surface area contributed by atoms with Gasteiger partial charge >= 0.3 is 0 Å². The summed E-state index contributed by atoms with van der Waals surface area (Å²) >= 11 is 0. The predicted molar refractivity (Wildman–Crippen MR) is 100 cm³/mol. The average molecular weight is 368 g/mol. The molecule has 0 aliphatic carbocycles. The van der Waals surface area contributed by atoms with Crippen LogP contribution in [0.1, 0.15) is 29.4 Å². The van der Waals surface area contributed by atoms with Crippen LogP contribution in [0, 0.1) is 0 Å². The molecule has 0 unspecified atom stereocenters. The van der Waals surface area contributed by atoms with Crippen molar-refractivity contribution in [1.82, 2.24) is 19.8 Å². The number of nitrogens with zero attached hydrogens (tertiary/aromatic N) is 4. The molecule has 1 aromatic carbocycles. The Kier molecular flexibility index (Phi) is 6.35. The lowest BCUT2D eigenvalue weighted by Crippen LogP contribution is -2.51. The van der Waals surface area contributed by atoms with E-state index in [2.05, 4.69) is 16.9 Å². The first-order valence-corrected chi connectivity index (χ1v) is 9.22. The van der Waals surface area contributed by atoms with Crippen molar-refractivity contribution in [2.45, 2.75) is 19.8 Å². The number of amides is 2. The third-order valence-electron chi connectivity index (χ3n) is 4.53.